The summed E-state index contributed by atoms with van der Waals surface area (Å²) in [6, 6.07) is 0.356. The Morgan fingerprint density at radius 2 is 1.94 bits per heavy atom. The van der Waals surface area contributed by atoms with Crippen LogP contribution in [0.25, 0.3) is 0 Å². The molecule has 18 heavy (non-hydrogen) atoms. The molecule has 1 heterocycles. The van der Waals surface area contributed by atoms with E-state index in [1.165, 1.54) is 25.5 Å². The molecule has 1 aromatic heterocycles. The van der Waals surface area contributed by atoms with E-state index < -0.39 is 11.9 Å². The largest absolute Gasteiger partial charge is 0.434 e. The van der Waals surface area contributed by atoms with Gasteiger partial charge in [-0.15, -0.1) is 0 Å². The molecule has 2 aliphatic rings. The van der Waals surface area contributed by atoms with Gasteiger partial charge >= 0.3 is 6.18 Å². The summed E-state index contributed by atoms with van der Waals surface area (Å²) in [7, 11) is 0. The monoisotopic (exact) mass is 257 g/mol. The van der Waals surface area contributed by atoms with Gasteiger partial charge in [-0.25, -0.2) is 9.97 Å². The highest BCUT2D eigenvalue weighted by atomic mass is 19.4. The summed E-state index contributed by atoms with van der Waals surface area (Å²) in [5.41, 5.74) is -0.944. The van der Waals surface area contributed by atoms with Crippen LogP contribution in [0.5, 0.6) is 0 Å². The lowest BCUT2D eigenvalue weighted by Crippen LogP contribution is -2.26. The van der Waals surface area contributed by atoms with E-state index in [0.29, 0.717) is 17.8 Å². The Kier molecular flexibility index (Phi) is 2.68. The number of alkyl halides is 3. The lowest BCUT2D eigenvalue weighted by Gasteiger charge is -2.23. The van der Waals surface area contributed by atoms with Gasteiger partial charge in [0.05, 0.1) is 12.4 Å². The van der Waals surface area contributed by atoms with Crippen molar-refractivity contribution in [2.24, 2.45) is 11.8 Å². The van der Waals surface area contributed by atoms with E-state index in [-0.39, 0.29) is 0 Å². The molecule has 2 bridgehead atoms. The molecule has 0 radical (unpaired) electrons. The molecule has 6 heteroatoms. The molecule has 3 rings (SSSR count). The van der Waals surface area contributed by atoms with Gasteiger partial charge in [0.1, 0.15) is 5.82 Å². The minimum atomic E-state index is -4.42. The summed E-state index contributed by atoms with van der Waals surface area (Å²) in [5, 5.41) is 3.21. The molecular formula is C12H14F3N3. The van der Waals surface area contributed by atoms with E-state index >= 15 is 0 Å². The minimum Gasteiger partial charge on any atom is -0.366 e. The zero-order valence-corrected chi connectivity index (χ0v) is 9.74. The summed E-state index contributed by atoms with van der Waals surface area (Å²) in [5.74, 6) is 1.88. The molecular weight excluding hydrogens is 243 g/mol. The Labute approximate surface area is 103 Å². The molecule has 1 N–H and O–H groups in total. The van der Waals surface area contributed by atoms with Crippen LogP contribution in [0.3, 0.4) is 0 Å². The van der Waals surface area contributed by atoms with Crippen LogP contribution in [-0.4, -0.2) is 16.0 Å². The minimum absolute atomic E-state index is 0.356. The van der Waals surface area contributed by atoms with Gasteiger partial charge in [-0.05, 0) is 31.1 Å². The Morgan fingerprint density at radius 1 is 1.11 bits per heavy atom. The second kappa shape index (κ2) is 4.10. The van der Waals surface area contributed by atoms with Crippen LogP contribution in [-0.2, 0) is 6.18 Å². The van der Waals surface area contributed by atoms with E-state index in [9.17, 15) is 13.2 Å². The summed E-state index contributed by atoms with van der Waals surface area (Å²) >= 11 is 0. The van der Waals surface area contributed by atoms with Crippen molar-refractivity contribution in [1.29, 1.82) is 0 Å². The summed E-state index contributed by atoms with van der Waals surface area (Å²) < 4.78 is 37.0. The van der Waals surface area contributed by atoms with Crippen LogP contribution in [0.1, 0.15) is 31.4 Å². The fraction of sp³-hybridized carbons (Fsp3) is 0.667. The number of rotatable bonds is 2. The molecule has 2 saturated carbocycles. The van der Waals surface area contributed by atoms with Crippen molar-refractivity contribution >= 4 is 5.82 Å². The number of fused-ring (bicyclic) bond motifs is 2. The maximum absolute atomic E-state index is 12.3. The third kappa shape index (κ3) is 2.15. The van der Waals surface area contributed by atoms with Crippen LogP contribution >= 0.6 is 0 Å². The molecule has 98 valence electrons. The lowest BCUT2D eigenvalue weighted by molar-refractivity contribution is -0.141. The molecule has 0 spiro atoms. The van der Waals surface area contributed by atoms with Crippen LogP contribution in [0.2, 0.25) is 0 Å². The zero-order valence-electron chi connectivity index (χ0n) is 9.74. The first-order valence-corrected chi connectivity index (χ1v) is 6.18. The molecule has 0 amide bonds. The maximum Gasteiger partial charge on any atom is 0.434 e. The molecule has 3 unspecified atom stereocenters. The second-order valence-corrected chi connectivity index (χ2v) is 5.21. The summed E-state index contributed by atoms with van der Waals surface area (Å²) in [4.78, 5) is 7.20. The van der Waals surface area contributed by atoms with Crippen molar-refractivity contribution in [2.45, 2.75) is 37.9 Å². The predicted octanol–water partition coefficient (Wildman–Crippen LogP) is 3.10. The molecule has 3 nitrogen and oxygen atoms in total. The Balaban J connectivity index is 1.67. The van der Waals surface area contributed by atoms with Crippen LogP contribution < -0.4 is 5.32 Å². The molecule has 0 saturated heterocycles. The Morgan fingerprint density at radius 3 is 2.44 bits per heavy atom. The molecule has 1 aromatic rings. The normalized spacial score (nSPS) is 30.7. The van der Waals surface area contributed by atoms with Crippen molar-refractivity contribution in [3.8, 4) is 0 Å². The fourth-order valence-electron chi connectivity index (χ4n) is 3.16. The third-order valence-electron chi connectivity index (χ3n) is 4.01. The van der Waals surface area contributed by atoms with Crippen molar-refractivity contribution in [3.63, 3.8) is 0 Å². The van der Waals surface area contributed by atoms with Gasteiger partial charge in [-0.2, -0.15) is 13.2 Å². The highest BCUT2D eigenvalue weighted by Crippen LogP contribution is 2.45. The SMILES string of the molecule is FC(F)(F)c1cnc(NC2CC3CCC2C3)cn1. The van der Waals surface area contributed by atoms with E-state index in [1.807, 2.05) is 0 Å². The number of halogens is 3. The van der Waals surface area contributed by atoms with Gasteiger partial charge in [-0.3, -0.25) is 0 Å². The van der Waals surface area contributed by atoms with Crippen molar-refractivity contribution in [1.82, 2.24) is 9.97 Å². The van der Waals surface area contributed by atoms with Gasteiger partial charge in [0.15, 0.2) is 5.69 Å². The van der Waals surface area contributed by atoms with E-state index in [1.54, 1.807) is 0 Å². The van der Waals surface area contributed by atoms with Gasteiger partial charge in [0.25, 0.3) is 0 Å². The summed E-state index contributed by atoms with van der Waals surface area (Å²) in [6.07, 6.45) is 2.40. The van der Waals surface area contributed by atoms with Crippen LogP contribution in [0, 0.1) is 11.8 Å². The third-order valence-corrected chi connectivity index (χ3v) is 4.01. The average molecular weight is 257 g/mol. The fourth-order valence-corrected chi connectivity index (χ4v) is 3.16. The topological polar surface area (TPSA) is 37.8 Å². The molecule has 2 aliphatic carbocycles. The van der Waals surface area contributed by atoms with E-state index in [2.05, 4.69) is 15.3 Å². The average Bonchev–Trinajstić information content (AvgIpc) is 2.90. The number of anilines is 1. The van der Waals surface area contributed by atoms with Gasteiger partial charge in [0, 0.05) is 6.04 Å². The number of hydrogen-bond donors (Lipinski definition) is 1. The first-order valence-electron chi connectivity index (χ1n) is 6.18. The number of hydrogen-bond acceptors (Lipinski definition) is 3. The first-order chi connectivity index (χ1) is 8.52. The molecule has 2 fully saturated rings. The zero-order chi connectivity index (χ0) is 12.8. The quantitative estimate of drug-likeness (QED) is 0.884. The van der Waals surface area contributed by atoms with Crippen molar-refractivity contribution < 1.29 is 13.2 Å². The van der Waals surface area contributed by atoms with Gasteiger partial charge < -0.3 is 5.32 Å². The van der Waals surface area contributed by atoms with Crippen molar-refractivity contribution in [2.75, 3.05) is 5.32 Å². The van der Waals surface area contributed by atoms with Crippen LogP contribution in [0.4, 0.5) is 19.0 Å². The summed E-state index contributed by atoms with van der Waals surface area (Å²) in [6.45, 7) is 0. The van der Waals surface area contributed by atoms with Crippen LogP contribution in [0.15, 0.2) is 12.4 Å². The Hall–Kier alpha value is -1.33. The van der Waals surface area contributed by atoms with E-state index in [0.717, 1.165) is 18.5 Å². The predicted molar refractivity (Wildman–Crippen MR) is 59.9 cm³/mol. The molecule has 0 aromatic carbocycles. The number of aromatic nitrogens is 2. The highest BCUT2D eigenvalue weighted by Gasteiger charge is 2.39. The standard InChI is InChI=1S/C12H14F3N3/c13-12(14,15)10-5-17-11(6-16-10)18-9-4-7-1-2-8(9)3-7/h5-9H,1-4H2,(H,17,18). The van der Waals surface area contributed by atoms with E-state index in [4.69, 9.17) is 0 Å². The second-order valence-electron chi connectivity index (χ2n) is 5.21. The first kappa shape index (κ1) is 11.7. The highest BCUT2D eigenvalue weighted by molar-refractivity contribution is 5.34. The number of nitrogens with one attached hydrogen (secondary N) is 1. The van der Waals surface area contributed by atoms with Gasteiger partial charge in [-0.1, -0.05) is 6.42 Å². The smallest absolute Gasteiger partial charge is 0.366 e. The lowest BCUT2D eigenvalue weighted by atomic mass is 9.95. The van der Waals surface area contributed by atoms with Crippen molar-refractivity contribution in [3.05, 3.63) is 18.1 Å². The maximum atomic E-state index is 12.3. The van der Waals surface area contributed by atoms with Gasteiger partial charge in [0.2, 0.25) is 0 Å². The molecule has 3 atom stereocenters. The number of nitrogens with zero attached hydrogens (tertiary/aromatic N) is 2. The molecule has 0 aliphatic heterocycles. The Bertz CT molecular complexity index is 429.